The Bertz CT molecular complexity index is 3370. The van der Waals surface area contributed by atoms with Gasteiger partial charge in [0.15, 0.2) is 17.5 Å². The lowest BCUT2D eigenvalue weighted by molar-refractivity contribution is 0.661. The lowest BCUT2D eigenvalue weighted by Gasteiger charge is -2.21. The van der Waals surface area contributed by atoms with Crippen LogP contribution in [0.4, 0.5) is 0 Å². The Labute approximate surface area is 312 Å². The monoisotopic (exact) mass is 685 g/mol. The summed E-state index contributed by atoms with van der Waals surface area (Å²) in [5.41, 5.74) is 10.5. The summed E-state index contributed by atoms with van der Waals surface area (Å²) in [7, 11) is 0. The van der Waals surface area contributed by atoms with Crippen molar-refractivity contribution < 1.29 is 11.3 Å². The van der Waals surface area contributed by atoms with E-state index in [9.17, 15) is 0 Å². The van der Waals surface area contributed by atoms with Crippen LogP contribution in [0.2, 0.25) is 0 Å². The number of aromatic nitrogens is 4. The number of para-hydroxylation sites is 2. The maximum atomic E-state index is 8.81. The number of furan rings is 1. The Hall–Kier alpha value is -6.85. The zero-order valence-corrected chi connectivity index (χ0v) is 28.8. The number of benzene rings is 7. The molecule has 10 aromatic rings. The van der Waals surface area contributed by atoms with E-state index < -0.39 is 30.2 Å². The van der Waals surface area contributed by atoms with Gasteiger partial charge in [0.1, 0.15) is 11.2 Å². The molecule has 0 radical (unpaired) electrons. The van der Waals surface area contributed by atoms with E-state index in [2.05, 4.69) is 85.1 Å². The molecule has 0 atom stereocenters. The third-order valence-corrected chi connectivity index (χ3v) is 10.7. The second kappa shape index (κ2) is 11.1. The fourth-order valence-electron chi connectivity index (χ4n) is 8.20. The second-order valence-electron chi connectivity index (χ2n) is 14.1. The van der Waals surface area contributed by atoms with Crippen LogP contribution in [-0.2, 0) is 5.41 Å². The largest absolute Gasteiger partial charge is 0.456 e. The van der Waals surface area contributed by atoms with Gasteiger partial charge in [-0.2, -0.15) is 0 Å². The molecule has 0 spiro atoms. The summed E-state index contributed by atoms with van der Waals surface area (Å²) < 4.78 is 51.2. The van der Waals surface area contributed by atoms with Gasteiger partial charge in [-0.05, 0) is 70.8 Å². The predicted molar refractivity (Wildman–Crippen MR) is 215 cm³/mol. The van der Waals surface area contributed by atoms with E-state index in [1.54, 1.807) is 0 Å². The number of nitrogens with zero attached hydrogens (tertiary/aromatic N) is 4. The van der Waals surface area contributed by atoms with Crippen LogP contribution in [0.1, 0.15) is 31.8 Å². The first-order chi connectivity index (χ1) is 28.1. The number of rotatable bonds is 4. The predicted octanol–water partition coefficient (Wildman–Crippen LogP) is 12.2. The molecule has 1 aliphatic rings. The number of hydrogen-bond acceptors (Lipinski definition) is 4. The Morgan fingerprint density at radius 1 is 0.509 bits per heavy atom. The van der Waals surface area contributed by atoms with E-state index in [4.69, 9.17) is 26.2 Å². The summed E-state index contributed by atoms with van der Waals surface area (Å²) in [6.45, 7) is 4.57. The fraction of sp³-hybridized carbons (Fsp3) is 0.0625. The third-order valence-electron chi connectivity index (χ3n) is 10.7. The Kier molecular flexibility index (Phi) is 5.26. The van der Waals surface area contributed by atoms with Gasteiger partial charge in [0, 0.05) is 49.3 Å². The molecule has 5 nitrogen and oxygen atoms in total. The zero-order valence-electron chi connectivity index (χ0n) is 33.8. The maximum Gasteiger partial charge on any atom is 0.164 e. The molecular formula is C48H32N4O. The molecule has 3 aromatic heterocycles. The van der Waals surface area contributed by atoms with Crippen molar-refractivity contribution in [1.29, 1.82) is 0 Å². The molecule has 0 amide bonds. The maximum absolute atomic E-state index is 8.81. The molecule has 0 N–H and O–H groups in total. The van der Waals surface area contributed by atoms with E-state index in [1.165, 1.54) is 22.3 Å². The first kappa shape index (κ1) is 25.2. The molecule has 0 saturated heterocycles. The summed E-state index contributed by atoms with van der Waals surface area (Å²) in [5.74, 6) is 0.534. The molecule has 3 heterocycles. The molecule has 11 rings (SSSR count). The summed E-state index contributed by atoms with van der Waals surface area (Å²) in [6.07, 6.45) is 0. The van der Waals surface area contributed by atoms with Gasteiger partial charge in [-0.3, -0.25) is 0 Å². The summed E-state index contributed by atoms with van der Waals surface area (Å²) in [4.78, 5) is 14.6. The van der Waals surface area contributed by atoms with Crippen LogP contribution in [0.25, 0.3) is 94.7 Å². The zero-order chi connectivity index (χ0) is 39.6. The van der Waals surface area contributed by atoms with Crippen LogP contribution in [0.3, 0.4) is 0 Å². The standard InChI is InChI=1S/C48H32N4O/c1-48(2)39-20-9-6-17-33(39)37-27-38-34-18-7-10-21-41(34)52(42(38)28-40(37)48)32-16-12-15-30(25-32)46-49-45(29-13-4-3-5-14-29)50-47(51-46)31-23-24-36-35-19-8-11-22-43(35)53-44(36)26-31/h3-28H,1-2H3/i3D,4D,5D,13D,14D. The van der Waals surface area contributed by atoms with Gasteiger partial charge in [0.05, 0.1) is 17.9 Å². The lowest BCUT2D eigenvalue weighted by atomic mass is 9.82. The fourth-order valence-corrected chi connectivity index (χ4v) is 8.20. The minimum Gasteiger partial charge on any atom is -0.456 e. The SMILES string of the molecule is [2H]c1c([2H])c([2H])c(-c2nc(-c3cccc(-n4c5ccccc5c5cc6c(cc54)C(C)(C)c4ccccc4-6)c3)nc(-c3ccc4c(c3)oc3ccccc34)n2)c([2H])c1[2H]. The van der Waals surface area contributed by atoms with Crippen LogP contribution in [-0.4, -0.2) is 19.5 Å². The Morgan fingerprint density at radius 3 is 2.06 bits per heavy atom. The van der Waals surface area contributed by atoms with E-state index in [1.807, 2.05) is 60.7 Å². The molecule has 0 bridgehead atoms. The van der Waals surface area contributed by atoms with Crippen LogP contribution < -0.4 is 0 Å². The Balaban J connectivity index is 1.13. The molecule has 250 valence electrons. The molecule has 0 fully saturated rings. The summed E-state index contributed by atoms with van der Waals surface area (Å²) >= 11 is 0. The first-order valence-electron chi connectivity index (χ1n) is 20.1. The molecule has 7 aromatic carbocycles. The average molecular weight is 686 g/mol. The van der Waals surface area contributed by atoms with Gasteiger partial charge in [-0.1, -0.05) is 123 Å². The van der Waals surface area contributed by atoms with Crippen molar-refractivity contribution in [1.82, 2.24) is 19.5 Å². The molecule has 53 heavy (non-hydrogen) atoms. The second-order valence-corrected chi connectivity index (χ2v) is 14.1. The number of fused-ring (bicyclic) bond motifs is 9. The highest BCUT2D eigenvalue weighted by atomic mass is 16.3. The van der Waals surface area contributed by atoms with Gasteiger partial charge in [0.25, 0.3) is 0 Å². The van der Waals surface area contributed by atoms with Crippen molar-refractivity contribution in [3.8, 4) is 51.0 Å². The van der Waals surface area contributed by atoms with Crippen molar-refractivity contribution in [2.45, 2.75) is 19.3 Å². The first-order valence-corrected chi connectivity index (χ1v) is 17.6. The van der Waals surface area contributed by atoms with Crippen molar-refractivity contribution in [3.05, 3.63) is 169 Å². The third kappa shape index (κ3) is 4.47. The van der Waals surface area contributed by atoms with Crippen LogP contribution in [0, 0.1) is 0 Å². The highest BCUT2D eigenvalue weighted by Gasteiger charge is 2.36. The highest BCUT2D eigenvalue weighted by Crippen LogP contribution is 2.51. The molecule has 1 aliphatic carbocycles. The van der Waals surface area contributed by atoms with Gasteiger partial charge in [0.2, 0.25) is 0 Å². The average Bonchev–Trinajstić information content (AvgIpc) is 3.86. The molecule has 5 heteroatoms. The molecule has 0 unspecified atom stereocenters. The van der Waals surface area contributed by atoms with Crippen molar-refractivity contribution in [2.24, 2.45) is 0 Å². The van der Waals surface area contributed by atoms with Crippen molar-refractivity contribution in [2.75, 3.05) is 0 Å². The minimum atomic E-state index is -0.486. The Morgan fingerprint density at radius 2 is 1.21 bits per heavy atom. The van der Waals surface area contributed by atoms with Crippen molar-refractivity contribution >= 4 is 43.7 Å². The topological polar surface area (TPSA) is 56.7 Å². The van der Waals surface area contributed by atoms with E-state index in [0.29, 0.717) is 16.7 Å². The molecule has 0 aliphatic heterocycles. The van der Waals surface area contributed by atoms with E-state index in [0.717, 1.165) is 43.8 Å². The van der Waals surface area contributed by atoms with Crippen LogP contribution in [0.15, 0.2) is 162 Å². The van der Waals surface area contributed by atoms with Crippen molar-refractivity contribution in [3.63, 3.8) is 0 Å². The minimum absolute atomic E-state index is 0.0265. The smallest absolute Gasteiger partial charge is 0.164 e. The normalized spacial score (nSPS) is 14.6. The van der Waals surface area contributed by atoms with Gasteiger partial charge >= 0.3 is 0 Å². The lowest BCUT2D eigenvalue weighted by Crippen LogP contribution is -2.14. The van der Waals surface area contributed by atoms with E-state index in [-0.39, 0.29) is 28.5 Å². The quantitative estimate of drug-likeness (QED) is 0.185. The van der Waals surface area contributed by atoms with Gasteiger partial charge in [-0.15, -0.1) is 0 Å². The van der Waals surface area contributed by atoms with Gasteiger partial charge in [-0.25, -0.2) is 15.0 Å². The summed E-state index contributed by atoms with van der Waals surface area (Å²) in [6, 6.07) is 41.1. The van der Waals surface area contributed by atoms with Crippen LogP contribution in [0.5, 0.6) is 0 Å². The summed E-state index contributed by atoms with van der Waals surface area (Å²) in [5, 5.41) is 4.22. The molecular weight excluding hydrogens is 649 g/mol. The molecule has 0 saturated carbocycles. The highest BCUT2D eigenvalue weighted by molar-refractivity contribution is 6.12. The van der Waals surface area contributed by atoms with Crippen LogP contribution >= 0.6 is 0 Å². The number of hydrogen-bond donors (Lipinski definition) is 0. The van der Waals surface area contributed by atoms with Gasteiger partial charge < -0.3 is 8.98 Å². The van der Waals surface area contributed by atoms with E-state index >= 15 is 0 Å².